The highest BCUT2D eigenvalue weighted by molar-refractivity contribution is 7.92. The molecule has 0 aliphatic rings. The second kappa shape index (κ2) is 4.09. The van der Waals surface area contributed by atoms with E-state index in [4.69, 9.17) is 0 Å². The molecule has 0 radical (unpaired) electrons. The molecule has 1 aromatic carbocycles. The lowest BCUT2D eigenvalue weighted by molar-refractivity contribution is 0.555. The monoisotopic (exact) mass is 260 g/mol. The Hall–Kier alpha value is -2.03. The van der Waals surface area contributed by atoms with Crippen LogP contribution in [0.2, 0.25) is 0 Å². The number of benzene rings is 1. The first-order chi connectivity index (χ1) is 7.99. The predicted octanol–water partition coefficient (Wildman–Crippen LogP) is 0.884. The molecule has 0 aliphatic heterocycles. The third kappa shape index (κ3) is 2.38. The smallest absolute Gasteiger partial charge is 0.247 e. The molecular weight excluding hydrogens is 254 g/mol. The predicted molar refractivity (Wildman–Crippen MR) is 53.5 cm³/mol. The van der Waals surface area contributed by atoms with Crippen LogP contribution in [0.4, 0.5) is 14.7 Å². The van der Waals surface area contributed by atoms with Crippen LogP contribution in [0.25, 0.3) is 0 Å². The maximum atomic E-state index is 13.3. The van der Waals surface area contributed by atoms with Crippen molar-refractivity contribution in [1.29, 1.82) is 0 Å². The average molecular weight is 260 g/mol. The van der Waals surface area contributed by atoms with E-state index in [0.29, 0.717) is 6.07 Å². The van der Waals surface area contributed by atoms with Crippen LogP contribution >= 0.6 is 0 Å². The van der Waals surface area contributed by atoms with E-state index in [9.17, 15) is 17.2 Å². The molecule has 2 rings (SSSR count). The van der Waals surface area contributed by atoms with E-state index >= 15 is 0 Å². The van der Waals surface area contributed by atoms with Gasteiger partial charge in [-0.05, 0) is 18.2 Å². The van der Waals surface area contributed by atoms with Crippen LogP contribution in [0.3, 0.4) is 0 Å². The van der Waals surface area contributed by atoms with Crippen LogP contribution in [-0.2, 0) is 10.0 Å². The summed E-state index contributed by atoms with van der Waals surface area (Å²) < 4.78 is 51.4. The summed E-state index contributed by atoms with van der Waals surface area (Å²) in [5, 5.41) is 5.64. The maximum absolute atomic E-state index is 13.3. The van der Waals surface area contributed by atoms with E-state index in [-0.39, 0.29) is 5.95 Å². The Morgan fingerprint density at radius 3 is 2.71 bits per heavy atom. The standard InChI is InChI=1S/C8H6F2N4O2S/c9-5-1-2-6(10)7(3-5)17(15,16)14-8-11-4-12-13-8/h1-4H,(H2,11,12,13,14). The fourth-order valence-electron chi connectivity index (χ4n) is 1.12. The van der Waals surface area contributed by atoms with Gasteiger partial charge in [0.1, 0.15) is 22.9 Å². The number of rotatable bonds is 3. The Morgan fingerprint density at radius 2 is 2.06 bits per heavy atom. The van der Waals surface area contributed by atoms with Gasteiger partial charge >= 0.3 is 0 Å². The summed E-state index contributed by atoms with van der Waals surface area (Å²) in [7, 11) is -4.24. The summed E-state index contributed by atoms with van der Waals surface area (Å²) in [6.45, 7) is 0. The number of nitrogens with zero attached hydrogens (tertiary/aromatic N) is 2. The average Bonchev–Trinajstić information content (AvgIpc) is 2.73. The summed E-state index contributed by atoms with van der Waals surface area (Å²) in [6, 6.07) is 2.13. The number of H-pyrrole nitrogens is 1. The Bertz CT molecular complexity index is 627. The minimum atomic E-state index is -4.24. The number of aromatic nitrogens is 3. The number of aromatic amines is 1. The van der Waals surface area contributed by atoms with Crippen molar-refractivity contribution >= 4 is 16.0 Å². The molecule has 0 aliphatic carbocycles. The molecule has 0 amide bonds. The molecule has 0 atom stereocenters. The molecule has 90 valence electrons. The molecule has 0 spiro atoms. The molecule has 2 N–H and O–H groups in total. The summed E-state index contributed by atoms with van der Waals surface area (Å²) in [5.74, 6) is -2.10. The minimum absolute atomic E-state index is 0.186. The fourth-order valence-corrected chi connectivity index (χ4v) is 2.18. The first-order valence-corrected chi connectivity index (χ1v) is 5.80. The van der Waals surface area contributed by atoms with Crippen molar-refractivity contribution in [2.75, 3.05) is 4.72 Å². The summed E-state index contributed by atoms with van der Waals surface area (Å²) in [6.07, 6.45) is 1.07. The van der Waals surface area contributed by atoms with Crippen molar-refractivity contribution in [3.63, 3.8) is 0 Å². The van der Waals surface area contributed by atoms with Gasteiger partial charge in [-0.1, -0.05) is 0 Å². The third-order valence-corrected chi connectivity index (χ3v) is 3.18. The van der Waals surface area contributed by atoms with Crippen LogP contribution < -0.4 is 4.72 Å². The van der Waals surface area contributed by atoms with Gasteiger partial charge in [0.25, 0.3) is 10.0 Å². The van der Waals surface area contributed by atoms with Crippen LogP contribution in [0, 0.1) is 11.6 Å². The fraction of sp³-hybridized carbons (Fsp3) is 0. The molecule has 17 heavy (non-hydrogen) atoms. The topological polar surface area (TPSA) is 87.7 Å². The van der Waals surface area contributed by atoms with Gasteiger partial charge in [-0.25, -0.2) is 27.0 Å². The zero-order chi connectivity index (χ0) is 12.5. The molecule has 0 fully saturated rings. The van der Waals surface area contributed by atoms with Crippen molar-refractivity contribution in [3.8, 4) is 0 Å². The summed E-state index contributed by atoms with van der Waals surface area (Å²) in [5.41, 5.74) is 0. The highest BCUT2D eigenvalue weighted by Gasteiger charge is 2.20. The quantitative estimate of drug-likeness (QED) is 0.857. The van der Waals surface area contributed by atoms with E-state index in [2.05, 4.69) is 15.2 Å². The molecule has 6 nitrogen and oxygen atoms in total. The normalized spacial score (nSPS) is 11.4. The van der Waals surface area contributed by atoms with Crippen molar-refractivity contribution in [2.24, 2.45) is 0 Å². The van der Waals surface area contributed by atoms with Gasteiger partial charge in [-0.2, -0.15) is 10.1 Å². The Labute approximate surface area is 94.7 Å². The molecule has 1 heterocycles. The second-order valence-corrected chi connectivity index (χ2v) is 4.67. The summed E-state index contributed by atoms with van der Waals surface area (Å²) >= 11 is 0. The van der Waals surface area contributed by atoms with Crippen LogP contribution in [0.1, 0.15) is 0 Å². The molecule has 0 saturated heterocycles. The van der Waals surface area contributed by atoms with Crippen molar-refractivity contribution in [1.82, 2.24) is 15.2 Å². The zero-order valence-electron chi connectivity index (χ0n) is 8.18. The first-order valence-electron chi connectivity index (χ1n) is 4.32. The third-order valence-electron chi connectivity index (χ3n) is 1.83. The number of halogens is 2. The van der Waals surface area contributed by atoms with Crippen LogP contribution in [-0.4, -0.2) is 23.6 Å². The van der Waals surface area contributed by atoms with E-state index < -0.39 is 26.6 Å². The number of anilines is 1. The van der Waals surface area contributed by atoms with Gasteiger partial charge in [0, 0.05) is 0 Å². The van der Waals surface area contributed by atoms with E-state index in [0.717, 1.165) is 18.5 Å². The van der Waals surface area contributed by atoms with Crippen molar-refractivity contribution in [3.05, 3.63) is 36.2 Å². The van der Waals surface area contributed by atoms with Crippen molar-refractivity contribution in [2.45, 2.75) is 4.90 Å². The first kappa shape index (κ1) is 11.5. The van der Waals surface area contributed by atoms with Gasteiger partial charge in [0.15, 0.2) is 0 Å². The number of hydrogen-bond acceptors (Lipinski definition) is 4. The Morgan fingerprint density at radius 1 is 1.29 bits per heavy atom. The highest BCUT2D eigenvalue weighted by atomic mass is 32.2. The van der Waals surface area contributed by atoms with E-state index in [1.54, 1.807) is 0 Å². The van der Waals surface area contributed by atoms with Crippen LogP contribution in [0.15, 0.2) is 29.4 Å². The van der Waals surface area contributed by atoms with Gasteiger partial charge in [-0.15, -0.1) is 0 Å². The van der Waals surface area contributed by atoms with Gasteiger partial charge in [-0.3, -0.25) is 0 Å². The Balaban J connectivity index is 2.41. The number of nitrogens with one attached hydrogen (secondary N) is 2. The zero-order valence-corrected chi connectivity index (χ0v) is 9.00. The molecule has 0 unspecified atom stereocenters. The van der Waals surface area contributed by atoms with Gasteiger partial charge in [0.05, 0.1) is 0 Å². The minimum Gasteiger partial charge on any atom is -0.247 e. The molecule has 1 aromatic heterocycles. The van der Waals surface area contributed by atoms with Gasteiger partial charge in [0.2, 0.25) is 5.95 Å². The van der Waals surface area contributed by atoms with Crippen LogP contribution in [0.5, 0.6) is 0 Å². The van der Waals surface area contributed by atoms with Gasteiger partial charge < -0.3 is 0 Å². The van der Waals surface area contributed by atoms with E-state index in [1.807, 2.05) is 4.72 Å². The van der Waals surface area contributed by atoms with E-state index in [1.165, 1.54) is 0 Å². The lowest BCUT2D eigenvalue weighted by Gasteiger charge is -2.05. The lowest BCUT2D eigenvalue weighted by Crippen LogP contribution is -2.15. The maximum Gasteiger partial charge on any atom is 0.267 e. The number of sulfonamides is 1. The largest absolute Gasteiger partial charge is 0.267 e. The molecular formula is C8H6F2N4O2S. The Kier molecular flexibility index (Phi) is 2.76. The lowest BCUT2D eigenvalue weighted by atomic mass is 10.3. The number of hydrogen-bond donors (Lipinski definition) is 2. The molecule has 0 saturated carbocycles. The summed E-state index contributed by atoms with van der Waals surface area (Å²) in [4.78, 5) is 2.71. The van der Waals surface area contributed by atoms with Crippen molar-refractivity contribution < 1.29 is 17.2 Å². The molecule has 2 aromatic rings. The molecule has 9 heteroatoms. The second-order valence-electron chi connectivity index (χ2n) is 3.01. The SMILES string of the molecule is O=S(=O)(Nc1ncn[nH]1)c1cc(F)ccc1F. The molecule has 0 bridgehead atoms. The highest BCUT2D eigenvalue weighted by Crippen LogP contribution is 2.17.